The smallest absolute Gasteiger partial charge is 0.166 e. The van der Waals surface area contributed by atoms with Gasteiger partial charge in [0.2, 0.25) is 0 Å². The molecule has 0 atom stereocenters. The Kier molecular flexibility index (Phi) is 5.45. The molecule has 1 fully saturated rings. The third kappa shape index (κ3) is 3.75. The number of hydrogen-bond acceptors (Lipinski definition) is 3. The summed E-state index contributed by atoms with van der Waals surface area (Å²) in [5, 5.41) is 0. The quantitative estimate of drug-likeness (QED) is 0.729. The highest BCUT2D eigenvalue weighted by molar-refractivity contribution is 5.99. The minimum absolute atomic E-state index is 0.159. The van der Waals surface area contributed by atoms with Crippen LogP contribution in [0, 0.1) is 5.92 Å². The van der Waals surface area contributed by atoms with Gasteiger partial charge in [-0.1, -0.05) is 32.1 Å². The molecule has 0 saturated heterocycles. The van der Waals surface area contributed by atoms with E-state index in [1.54, 1.807) is 26.4 Å². The fourth-order valence-electron chi connectivity index (χ4n) is 2.98. The highest BCUT2D eigenvalue weighted by atomic mass is 16.5. The second-order valence-electron chi connectivity index (χ2n) is 5.53. The number of methoxy groups -OCH3 is 2. The molecule has 3 nitrogen and oxygen atoms in total. The van der Waals surface area contributed by atoms with Crippen LogP contribution in [0.15, 0.2) is 18.2 Å². The van der Waals surface area contributed by atoms with E-state index < -0.39 is 0 Å². The summed E-state index contributed by atoms with van der Waals surface area (Å²) in [6, 6.07) is 5.39. The molecule has 0 aromatic heterocycles. The maximum atomic E-state index is 12.4. The molecular formula is C17H24O3. The number of ether oxygens (including phenoxy) is 2. The molecule has 1 aliphatic carbocycles. The molecule has 0 radical (unpaired) electrons. The van der Waals surface area contributed by atoms with E-state index in [1.807, 2.05) is 6.07 Å². The standard InChI is InChI=1S/C17H24O3/c1-19-14-9-11-17(20-2)15(12-14)16(18)10-8-13-6-4-3-5-7-13/h9,11-13H,3-8,10H2,1-2H3. The first-order valence-electron chi connectivity index (χ1n) is 7.50. The Labute approximate surface area is 121 Å². The van der Waals surface area contributed by atoms with Gasteiger partial charge in [-0.3, -0.25) is 4.79 Å². The Morgan fingerprint density at radius 1 is 1.15 bits per heavy atom. The fraction of sp³-hybridized carbons (Fsp3) is 0.588. The molecule has 1 aromatic rings. The van der Waals surface area contributed by atoms with E-state index >= 15 is 0 Å². The van der Waals surface area contributed by atoms with Crippen molar-refractivity contribution in [3.8, 4) is 11.5 Å². The van der Waals surface area contributed by atoms with Crippen molar-refractivity contribution in [2.24, 2.45) is 5.92 Å². The van der Waals surface area contributed by atoms with Crippen LogP contribution < -0.4 is 9.47 Å². The molecule has 0 bridgehead atoms. The van der Waals surface area contributed by atoms with Crippen molar-refractivity contribution in [1.82, 2.24) is 0 Å². The topological polar surface area (TPSA) is 35.5 Å². The molecular weight excluding hydrogens is 252 g/mol. The lowest BCUT2D eigenvalue weighted by atomic mass is 9.85. The highest BCUT2D eigenvalue weighted by Crippen LogP contribution is 2.30. The summed E-state index contributed by atoms with van der Waals surface area (Å²) in [5.41, 5.74) is 0.641. The zero-order valence-corrected chi connectivity index (χ0v) is 12.5. The van der Waals surface area contributed by atoms with Crippen LogP contribution in [0.3, 0.4) is 0 Å². The average Bonchev–Trinajstić information content (AvgIpc) is 2.52. The first-order valence-corrected chi connectivity index (χ1v) is 7.50. The average molecular weight is 276 g/mol. The number of Topliss-reactive ketones (excluding diaryl/α,β-unsaturated/α-hetero) is 1. The molecule has 0 aliphatic heterocycles. The first kappa shape index (κ1) is 14.9. The zero-order valence-electron chi connectivity index (χ0n) is 12.5. The molecule has 3 heteroatoms. The maximum Gasteiger partial charge on any atom is 0.166 e. The molecule has 0 heterocycles. The molecule has 0 N–H and O–H groups in total. The van der Waals surface area contributed by atoms with E-state index in [0.717, 1.165) is 12.3 Å². The Balaban J connectivity index is 2.00. The zero-order chi connectivity index (χ0) is 14.4. The molecule has 1 aromatic carbocycles. The van der Waals surface area contributed by atoms with Gasteiger partial charge in [0, 0.05) is 6.42 Å². The highest BCUT2D eigenvalue weighted by Gasteiger charge is 2.18. The van der Waals surface area contributed by atoms with Gasteiger partial charge in [0.1, 0.15) is 11.5 Å². The van der Waals surface area contributed by atoms with Gasteiger partial charge in [0.05, 0.1) is 19.8 Å². The van der Waals surface area contributed by atoms with Gasteiger partial charge < -0.3 is 9.47 Å². The van der Waals surface area contributed by atoms with Crippen LogP contribution in [0.4, 0.5) is 0 Å². The SMILES string of the molecule is COc1ccc(OC)c(C(=O)CCC2CCCCC2)c1. The van der Waals surface area contributed by atoms with E-state index in [1.165, 1.54) is 32.1 Å². The third-order valence-corrected chi connectivity index (χ3v) is 4.21. The lowest BCUT2D eigenvalue weighted by Crippen LogP contribution is -2.10. The number of benzene rings is 1. The van der Waals surface area contributed by atoms with Crippen LogP contribution in [0.2, 0.25) is 0 Å². The molecule has 1 saturated carbocycles. The number of rotatable bonds is 6. The summed E-state index contributed by atoms with van der Waals surface area (Å²) in [4.78, 5) is 12.4. The Morgan fingerprint density at radius 3 is 2.55 bits per heavy atom. The first-order chi connectivity index (χ1) is 9.74. The van der Waals surface area contributed by atoms with E-state index in [9.17, 15) is 4.79 Å². The normalized spacial score (nSPS) is 15.9. The van der Waals surface area contributed by atoms with Crippen LogP contribution in [0.25, 0.3) is 0 Å². The van der Waals surface area contributed by atoms with E-state index in [-0.39, 0.29) is 5.78 Å². The van der Waals surface area contributed by atoms with Gasteiger partial charge >= 0.3 is 0 Å². The molecule has 0 unspecified atom stereocenters. The fourth-order valence-corrected chi connectivity index (χ4v) is 2.98. The summed E-state index contributed by atoms with van der Waals surface area (Å²) in [6.45, 7) is 0. The van der Waals surface area contributed by atoms with Crippen LogP contribution in [-0.4, -0.2) is 20.0 Å². The van der Waals surface area contributed by atoms with Crippen LogP contribution in [-0.2, 0) is 0 Å². The van der Waals surface area contributed by atoms with Gasteiger partial charge in [-0.05, 0) is 30.5 Å². The molecule has 1 aliphatic rings. The second-order valence-corrected chi connectivity index (χ2v) is 5.53. The Hall–Kier alpha value is -1.51. The Morgan fingerprint density at radius 2 is 1.90 bits per heavy atom. The van der Waals surface area contributed by atoms with Crippen molar-refractivity contribution in [2.75, 3.05) is 14.2 Å². The van der Waals surface area contributed by atoms with Crippen LogP contribution >= 0.6 is 0 Å². The minimum atomic E-state index is 0.159. The van der Waals surface area contributed by atoms with Gasteiger partial charge in [-0.2, -0.15) is 0 Å². The Bertz CT molecular complexity index is 448. The van der Waals surface area contributed by atoms with Crippen molar-refractivity contribution >= 4 is 5.78 Å². The minimum Gasteiger partial charge on any atom is -0.497 e. The van der Waals surface area contributed by atoms with Crippen molar-refractivity contribution in [3.05, 3.63) is 23.8 Å². The van der Waals surface area contributed by atoms with E-state index in [2.05, 4.69) is 0 Å². The second kappa shape index (κ2) is 7.32. The third-order valence-electron chi connectivity index (χ3n) is 4.21. The van der Waals surface area contributed by atoms with E-state index in [0.29, 0.717) is 23.5 Å². The van der Waals surface area contributed by atoms with Crippen molar-refractivity contribution in [1.29, 1.82) is 0 Å². The predicted molar refractivity (Wildman–Crippen MR) is 79.7 cm³/mol. The largest absolute Gasteiger partial charge is 0.497 e. The van der Waals surface area contributed by atoms with Crippen molar-refractivity contribution < 1.29 is 14.3 Å². The molecule has 110 valence electrons. The molecule has 2 rings (SSSR count). The summed E-state index contributed by atoms with van der Waals surface area (Å²) < 4.78 is 10.5. The number of hydrogen-bond donors (Lipinski definition) is 0. The summed E-state index contributed by atoms with van der Waals surface area (Å²) in [5.74, 6) is 2.22. The molecule has 0 amide bonds. The van der Waals surface area contributed by atoms with Gasteiger partial charge in [-0.25, -0.2) is 0 Å². The summed E-state index contributed by atoms with van der Waals surface area (Å²) in [6.07, 6.45) is 8.16. The summed E-state index contributed by atoms with van der Waals surface area (Å²) >= 11 is 0. The van der Waals surface area contributed by atoms with E-state index in [4.69, 9.17) is 9.47 Å². The number of carbonyl (C=O) groups is 1. The van der Waals surface area contributed by atoms with Crippen LogP contribution in [0.5, 0.6) is 11.5 Å². The maximum absolute atomic E-state index is 12.4. The lowest BCUT2D eigenvalue weighted by Gasteiger charge is -2.21. The molecule has 20 heavy (non-hydrogen) atoms. The number of carbonyl (C=O) groups excluding carboxylic acids is 1. The van der Waals surface area contributed by atoms with Gasteiger partial charge in [-0.15, -0.1) is 0 Å². The summed E-state index contributed by atoms with van der Waals surface area (Å²) in [7, 11) is 3.21. The van der Waals surface area contributed by atoms with Gasteiger partial charge in [0.15, 0.2) is 5.78 Å². The predicted octanol–water partition coefficient (Wildman–Crippen LogP) is 4.25. The van der Waals surface area contributed by atoms with Crippen LogP contribution in [0.1, 0.15) is 55.3 Å². The monoisotopic (exact) mass is 276 g/mol. The number of ketones is 1. The molecule has 0 spiro atoms. The van der Waals surface area contributed by atoms with Gasteiger partial charge in [0.25, 0.3) is 0 Å². The van der Waals surface area contributed by atoms with Crippen molar-refractivity contribution in [2.45, 2.75) is 44.9 Å². The van der Waals surface area contributed by atoms with Crippen molar-refractivity contribution in [3.63, 3.8) is 0 Å². The lowest BCUT2D eigenvalue weighted by molar-refractivity contribution is 0.0967.